The van der Waals surface area contributed by atoms with Crippen LogP contribution in [0.25, 0.3) is 21.5 Å². The zero-order valence-electron chi connectivity index (χ0n) is 15.2. The van der Waals surface area contributed by atoms with Crippen LogP contribution in [0.3, 0.4) is 0 Å². The normalized spacial score (nSPS) is 20.3. The molecule has 4 heteroatoms. The number of fused-ring (bicyclic) bond motifs is 3. The Balaban J connectivity index is 1.86. The third-order valence-electron chi connectivity index (χ3n) is 5.72. The molecule has 1 atom stereocenters. The van der Waals surface area contributed by atoms with Gasteiger partial charge < -0.3 is 15.0 Å². The highest BCUT2D eigenvalue weighted by molar-refractivity contribution is 6.47. The lowest BCUT2D eigenvalue weighted by Crippen LogP contribution is -2.41. The lowest BCUT2D eigenvalue weighted by Gasteiger charge is -2.32. The number of benzene rings is 3. The molecule has 4 rings (SSSR count). The molecule has 0 radical (unpaired) electrons. The van der Waals surface area contributed by atoms with Crippen molar-refractivity contribution >= 4 is 28.7 Å². The van der Waals surface area contributed by atoms with Crippen LogP contribution in [-0.4, -0.2) is 18.3 Å². The van der Waals surface area contributed by atoms with E-state index in [0.717, 1.165) is 10.9 Å². The second kappa shape index (κ2) is 5.56. The van der Waals surface area contributed by atoms with Crippen molar-refractivity contribution in [3.8, 4) is 0 Å². The number of rotatable bonds is 2. The molecule has 0 aliphatic carbocycles. The molecule has 0 amide bonds. The summed E-state index contributed by atoms with van der Waals surface area (Å²) in [5, 5.41) is 4.79. The van der Waals surface area contributed by atoms with E-state index in [2.05, 4.69) is 82.3 Å². The van der Waals surface area contributed by atoms with Crippen LogP contribution < -0.4 is 5.73 Å². The summed E-state index contributed by atoms with van der Waals surface area (Å²) < 4.78 is 12.4. The summed E-state index contributed by atoms with van der Waals surface area (Å²) in [5.74, 6) is -0.351. The molecule has 128 valence electrons. The van der Waals surface area contributed by atoms with E-state index in [0.29, 0.717) is 0 Å². The van der Waals surface area contributed by atoms with Gasteiger partial charge in [-0.05, 0) is 60.9 Å². The van der Waals surface area contributed by atoms with E-state index in [9.17, 15) is 0 Å². The second-order valence-corrected chi connectivity index (χ2v) is 7.88. The van der Waals surface area contributed by atoms with Gasteiger partial charge in [0.25, 0.3) is 0 Å². The molecule has 1 aliphatic heterocycles. The summed E-state index contributed by atoms with van der Waals surface area (Å²) in [5.41, 5.74) is 6.94. The number of hydrogen-bond donors (Lipinski definition) is 1. The zero-order valence-corrected chi connectivity index (χ0v) is 15.2. The van der Waals surface area contributed by atoms with Gasteiger partial charge in [-0.25, -0.2) is 0 Å². The molecule has 1 aliphatic rings. The van der Waals surface area contributed by atoms with Crippen LogP contribution >= 0.6 is 0 Å². The fourth-order valence-corrected chi connectivity index (χ4v) is 3.54. The summed E-state index contributed by atoms with van der Waals surface area (Å²) in [7, 11) is -0.463. The molecule has 0 spiro atoms. The Morgan fingerprint density at radius 2 is 1.32 bits per heavy atom. The molecule has 0 unspecified atom stereocenters. The third kappa shape index (κ3) is 2.56. The molecule has 3 nitrogen and oxygen atoms in total. The van der Waals surface area contributed by atoms with Gasteiger partial charge in [0.05, 0.1) is 17.1 Å². The highest BCUT2D eigenvalue weighted by atomic mass is 16.7. The van der Waals surface area contributed by atoms with Crippen molar-refractivity contribution in [3.63, 3.8) is 0 Å². The largest absolute Gasteiger partial charge is 0.480 e. The number of hydrogen-bond acceptors (Lipinski definition) is 3. The van der Waals surface area contributed by atoms with E-state index in [-0.39, 0.29) is 17.1 Å². The van der Waals surface area contributed by atoms with E-state index in [1.807, 2.05) is 0 Å². The van der Waals surface area contributed by atoms with Gasteiger partial charge in [-0.15, -0.1) is 0 Å². The standard InChI is InChI=1S/C21H24BNO2/c1-20(2)21(3,4)25-22(24-20)19(23)18-13-14-9-5-6-10-15(14)16-11-7-8-12-17(16)18/h5-13,19H,23H2,1-4H3/t19-/m0/s1. The van der Waals surface area contributed by atoms with Gasteiger partial charge in [0.1, 0.15) is 0 Å². The molecule has 3 aromatic carbocycles. The molecule has 0 saturated carbocycles. The molecule has 0 bridgehead atoms. The molecular weight excluding hydrogens is 309 g/mol. The zero-order chi connectivity index (χ0) is 17.8. The van der Waals surface area contributed by atoms with Gasteiger partial charge in [-0.2, -0.15) is 0 Å². The van der Waals surface area contributed by atoms with Crippen LogP contribution in [0.2, 0.25) is 0 Å². The fourth-order valence-electron chi connectivity index (χ4n) is 3.54. The van der Waals surface area contributed by atoms with Crippen LogP contribution in [0.1, 0.15) is 39.2 Å². The Morgan fingerprint density at radius 1 is 0.800 bits per heavy atom. The predicted molar refractivity (Wildman–Crippen MR) is 104 cm³/mol. The maximum atomic E-state index is 6.65. The summed E-state index contributed by atoms with van der Waals surface area (Å²) in [4.78, 5) is 0. The third-order valence-corrected chi connectivity index (χ3v) is 5.72. The first kappa shape index (κ1) is 16.6. The fraction of sp³-hybridized carbons (Fsp3) is 0.333. The minimum Gasteiger partial charge on any atom is -0.402 e. The summed E-state index contributed by atoms with van der Waals surface area (Å²) >= 11 is 0. The first-order valence-corrected chi connectivity index (χ1v) is 8.82. The quantitative estimate of drug-likeness (QED) is 0.549. The van der Waals surface area contributed by atoms with Crippen molar-refractivity contribution in [2.24, 2.45) is 5.73 Å². The highest BCUT2D eigenvalue weighted by Gasteiger charge is 2.53. The molecule has 25 heavy (non-hydrogen) atoms. The maximum absolute atomic E-state index is 6.65. The minimum absolute atomic E-state index is 0.351. The topological polar surface area (TPSA) is 44.5 Å². The van der Waals surface area contributed by atoms with Crippen LogP contribution in [0.15, 0.2) is 54.6 Å². The van der Waals surface area contributed by atoms with Gasteiger partial charge in [0.15, 0.2) is 0 Å². The Bertz CT molecular complexity index is 935. The Morgan fingerprint density at radius 3 is 1.96 bits per heavy atom. The van der Waals surface area contributed by atoms with E-state index in [1.54, 1.807) is 0 Å². The average Bonchev–Trinajstić information content (AvgIpc) is 2.81. The van der Waals surface area contributed by atoms with E-state index in [4.69, 9.17) is 15.0 Å². The van der Waals surface area contributed by atoms with Crippen molar-refractivity contribution in [2.45, 2.75) is 44.8 Å². The molecule has 1 fully saturated rings. The van der Waals surface area contributed by atoms with Gasteiger partial charge in [0, 0.05) is 0 Å². The first-order chi connectivity index (χ1) is 11.8. The average molecular weight is 333 g/mol. The Labute approximate surface area is 149 Å². The van der Waals surface area contributed by atoms with Crippen molar-refractivity contribution in [1.29, 1.82) is 0 Å². The predicted octanol–water partition coefficient (Wildman–Crippen LogP) is 4.62. The molecular formula is C21H24BNO2. The molecule has 1 saturated heterocycles. The van der Waals surface area contributed by atoms with Gasteiger partial charge in [0.2, 0.25) is 0 Å². The summed E-state index contributed by atoms with van der Waals surface area (Å²) in [6.45, 7) is 8.22. The van der Waals surface area contributed by atoms with Gasteiger partial charge in [-0.3, -0.25) is 0 Å². The number of nitrogens with two attached hydrogens (primary N) is 1. The highest BCUT2D eigenvalue weighted by Crippen LogP contribution is 2.41. The Kier molecular flexibility index (Phi) is 3.69. The van der Waals surface area contributed by atoms with Crippen LogP contribution in [0.4, 0.5) is 0 Å². The lowest BCUT2D eigenvalue weighted by molar-refractivity contribution is 0.00578. The summed E-state index contributed by atoms with van der Waals surface area (Å²) in [6, 6.07) is 19.0. The van der Waals surface area contributed by atoms with Crippen LogP contribution in [-0.2, 0) is 9.31 Å². The maximum Gasteiger partial charge on any atom is 0.480 e. The van der Waals surface area contributed by atoms with Gasteiger partial charge in [-0.1, -0.05) is 48.5 Å². The molecule has 2 N–H and O–H groups in total. The smallest absolute Gasteiger partial charge is 0.402 e. The van der Waals surface area contributed by atoms with Crippen molar-refractivity contribution in [3.05, 3.63) is 60.2 Å². The second-order valence-electron chi connectivity index (χ2n) is 7.88. The van der Waals surface area contributed by atoms with Crippen molar-refractivity contribution in [2.75, 3.05) is 0 Å². The van der Waals surface area contributed by atoms with Gasteiger partial charge >= 0.3 is 7.12 Å². The summed E-state index contributed by atoms with van der Waals surface area (Å²) in [6.07, 6.45) is 0. The van der Waals surface area contributed by atoms with Crippen LogP contribution in [0, 0.1) is 0 Å². The van der Waals surface area contributed by atoms with Crippen molar-refractivity contribution in [1.82, 2.24) is 0 Å². The van der Waals surface area contributed by atoms with E-state index >= 15 is 0 Å². The Hall–Kier alpha value is -1.88. The SMILES string of the molecule is CC1(C)OB([C@@H](N)c2cc3ccccc3c3ccccc23)OC1(C)C. The molecule has 3 aromatic rings. The van der Waals surface area contributed by atoms with E-state index in [1.165, 1.54) is 16.2 Å². The molecule has 1 heterocycles. The van der Waals surface area contributed by atoms with Crippen molar-refractivity contribution < 1.29 is 9.31 Å². The minimum atomic E-state index is -0.463. The monoisotopic (exact) mass is 333 g/mol. The molecule has 0 aromatic heterocycles. The lowest BCUT2D eigenvalue weighted by atomic mass is 9.73. The van der Waals surface area contributed by atoms with Crippen LogP contribution in [0.5, 0.6) is 0 Å². The first-order valence-electron chi connectivity index (χ1n) is 8.82. The van der Waals surface area contributed by atoms with E-state index < -0.39 is 7.12 Å².